The smallest absolute Gasteiger partial charge is 0.256 e. The maximum Gasteiger partial charge on any atom is 0.256 e. The van der Waals surface area contributed by atoms with Gasteiger partial charge in [0.05, 0.1) is 11.3 Å². The van der Waals surface area contributed by atoms with E-state index in [-0.39, 0.29) is 18.0 Å². The molecule has 1 aromatic carbocycles. The number of rotatable bonds is 3. The van der Waals surface area contributed by atoms with Crippen molar-refractivity contribution in [3.05, 3.63) is 26.6 Å². The molecule has 2 N–H and O–H groups in total. The highest BCUT2D eigenvalue weighted by Crippen LogP contribution is 2.29. The van der Waals surface area contributed by atoms with E-state index in [1.165, 1.54) is 0 Å². The first-order valence-corrected chi connectivity index (χ1v) is 7.41. The van der Waals surface area contributed by atoms with Crippen molar-refractivity contribution in [1.29, 1.82) is 0 Å². The van der Waals surface area contributed by atoms with Crippen molar-refractivity contribution in [3.8, 4) is 0 Å². The first kappa shape index (κ1) is 15.5. The largest absolute Gasteiger partial charge is 0.397 e. The van der Waals surface area contributed by atoms with Crippen LogP contribution in [0.15, 0.2) is 21.1 Å². The van der Waals surface area contributed by atoms with Gasteiger partial charge in [-0.2, -0.15) is 0 Å². The fourth-order valence-corrected chi connectivity index (χ4v) is 3.19. The lowest BCUT2D eigenvalue weighted by Crippen LogP contribution is -2.42. The van der Waals surface area contributed by atoms with Crippen molar-refractivity contribution in [3.63, 3.8) is 0 Å². The molecule has 1 rings (SSSR count). The molecule has 0 aromatic heterocycles. The van der Waals surface area contributed by atoms with Gasteiger partial charge in [-0.25, -0.2) is 0 Å². The number of nitrogens with two attached hydrogens (primary N) is 1. The normalized spacial score (nSPS) is 11.1. The number of anilines is 1. The molecule has 0 spiro atoms. The van der Waals surface area contributed by atoms with Crippen LogP contribution in [-0.2, 0) is 0 Å². The molecular weight excluding hydrogens is 360 g/mol. The summed E-state index contributed by atoms with van der Waals surface area (Å²) in [5.74, 6) is -0.0421. The standard InChI is InChI=1S/C13H18Br2N2O/c1-7(2)17(8(3)4)13(18)10-5-9(14)6-11(15)12(10)16/h5-8H,16H2,1-4H3. The van der Waals surface area contributed by atoms with Gasteiger partial charge in [-0.05, 0) is 55.8 Å². The average Bonchev–Trinajstić information content (AvgIpc) is 2.22. The van der Waals surface area contributed by atoms with Crippen LogP contribution < -0.4 is 5.73 Å². The zero-order valence-corrected chi connectivity index (χ0v) is 14.2. The quantitative estimate of drug-likeness (QED) is 0.807. The van der Waals surface area contributed by atoms with Gasteiger partial charge in [0, 0.05) is 21.0 Å². The molecule has 0 fully saturated rings. The van der Waals surface area contributed by atoms with Gasteiger partial charge in [0.25, 0.3) is 5.91 Å². The van der Waals surface area contributed by atoms with Crippen LogP contribution >= 0.6 is 31.9 Å². The maximum atomic E-state index is 12.6. The molecule has 0 heterocycles. The highest BCUT2D eigenvalue weighted by molar-refractivity contribution is 9.11. The molecule has 5 heteroatoms. The van der Waals surface area contributed by atoms with Gasteiger partial charge in [-0.1, -0.05) is 15.9 Å². The molecule has 0 bridgehead atoms. The molecule has 0 unspecified atom stereocenters. The fraction of sp³-hybridized carbons (Fsp3) is 0.462. The Hall–Kier alpha value is -0.550. The second kappa shape index (κ2) is 6.06. The Morgan fingerprint density at radius 3 is 2.11 bits per heavy atom. The zero-order chi connectivity index (χ0) is 14.0. The number of hydrogen-bond acceptors (Lipinski definition) is 2. The first-order chi connectivity index (χ1) is 8.25. The molecular formula is C13H18Br2N2O. The Morgan fingerprint density at radius 1 is 1.17 bits per heavy atom. The Morgan fingerprint density at radius 2 is 1.67 bits per heavy atom. The molecule has 0 saturated carbocycles. The number of amides is 1. The lowest BCUT2D eigenvalue weighted by atomic mass is 10.1. The van der Waals surface area contributed by atoms with Crippen LogP contribution in [0.1, 0.15) is 38.1 Å². The van der Waals surface area contributed by atoms with Crippen molar-refractivity contribution in [2.45, 2.75) is 39.8 Å². The molecule has 0 aliphatic carbocycles. The van der Waals surface area contributed by atoms with Crippen molar-refractivity contribution < 1.29 is 4.79 Å². The monoisotopic (exact) mass is 376 g/mol. The van der Waals surface area contributed by atoms with Crippen molar-refractivity contribution >= 4 is 43.5 Å². The van der Waals surface area contributed by atoms with Crippen molar-refractivity contribution in [2.75, 3.05) is 5.73 Å². The Balaban J connectivity index is 3.25. The summed E-state index contributed by atoms with van der Waals surface area (Å²) in [6.07, 6.45) is 0. The van der Waals surface area contributed by atoms with Crippen LogP contribution in [0.5, 0.6) is 0 Å². The van der Waals surface area contributed by atoms with Crippen LogP contribution in [0, 0.1) is 0 Å². The van der Waals surface area contributed by atoms with Crippen molar-refractivity contribution in [1.82, 2.24) is 4.90 Å². The molecule has 0 aliphatic heterocycles. The van der Waals surface area contributed by atoms with E-state index >= 15 is 0 Å². The summed E-state index contributed by atoms with van der Waals surface area (Å²) < 4.78 is 1.56. The van der Waals surface area contributed by atoms with Gasteiger partial charge in [-0.15, -0.1) is 0 Å². The zero-order valence-electron chi connectivity index (χ0n) is 11.0. The van der Waals surface area contributed by atoms with Gasteiger partial charge in [0.15, 0.2) is 0 Å². The minimum atomic E-state index is -0.0421. The van der Waals surface area contributed by atoms with Gasteiger partial charge in [0.1, 0.15) is 0 Å². The fourth-order valence-electron chi connectivity index (χ4n) is 1.97. The molecule has 18 heavy (non-hydrogen) atoms. The molecule has 1 amide bonds. The van der Waals surface area contributed by atoms with E-state index < -0.39 is 0 Å². The maximum absolute atomic E-state index is 12.6. The van der Waals surface area contributed by atoms with Gasteiger partial charge in [-0.3, -0.25) is 4.79 Å². The second-order valence-corrected chi connectivity index (χ2v) is 6.52. The minimum Gasteiger partial charge on any atom is -0.397 e. The molecule has 0 aliphatic rings. The Labute approximate surface area is 125 Å². The van der Waals surface area contributed by atoms with Crippen LogP contribution in [-0.4, -0.2) is 22.9 Å². The average molecular weight is 378 g/mol. The summed E-state index contributed by atoms with van der Waals surface area (Å²) in [6.45, 7) is 8.00. The number of benzene rings is 1. The predicted molar refractivity (Wildman–Crippen MR) is 82.7 cm³/mol. The highest BCUT2D eigenvalue weighted by atomic mass is 79.9. The van der Waals surface area contributed by atoms with Gasteiger partial charge < -0.3 is 10.6 Å². The summed E-state index contributed by atoms with van der Waals surface area (Å²) in [5, 5.41) is 0. The third kappa shape index (κ3) is 3.26. The topological polar surface area (TPSA) is 46.3 Å². The highest BCUT2D eigenvalue weighted by Gasteiger charge is 2.24. The van der Waals surface area contributed by atoms with E-state index in [1.54, 1.807) is 6.07 Å². The van der Waals surface area contributed by atoms with E-state index in [9.17, 15) is 4.79 Å². The number of nitrogen functional groups attached to an aromatic ring is 1. The summed E-state index contributed by atoms with van der Waals surface area (Å²) >= 11 is 6.74. The Bertz CT molecular complexity index is 451. The van der Waals surface area contributed by atoms with Crippen LogP contribution in [0.4, 0.5) is 5.69 Å². The minimum absolute atomic E-state index is 0.0421. The van der Waals surface area contributed by atoms with E-state index in [4.69, 9.17) is 5.73 Å². The third-order valence-corrected chi connectivity index (χ3v) is 3.79. The van der Waals surface area contributed by atoms with Crippen LogP contribution in [0.2, 0.25) is 0 Å². The Kier molecular flexibility index (Phi) is 5.22. The molecule has 0 radical (unpaired) electrons. The van der Waals surface area contributed by atoms with Gasteiger partial charge >= 0.3 is 0 Å². The molecule has 100 valence electrons. The SMILES string of the molecule is CC(C)N(C(=O)c1cc(Br)cc(Br)c1N)C(C)C. The number of carbonyl (C=O) groups is 1. The summed E-state index contributed by atoms with van der Waals surface area (Å²) in [7, 11) is 0. The van der Waals surface area contributed by atoms with Crippen LogP contribution in [0.25, 0.3) is 0 Å². The molecule has 0 saturated heterocycles. The van der Waals surface area contributed by atoms with E-state index in [1.807, 2.05) is 38.7 Å². The van der Waals surface area contributed by atoms with Crippen LogP contribution in [0.3, 0.4) is 0 Å². The number of hydrogen-bond donors (Lipinski definition) is 1. The number of nitrogens with zero attached hydrogens (tertiary/aromatic N) is 1. The van der Waals surface area contributed by atoms with E-state index in [2.05, 4.69) is 31.9 Å². The number of halogens is 2. The second-order valence-electron chi connectivity index (χ2n) is 4.75. The summed E-state index contributed by atoms with van der Waals surface area (Å²) in [4.78, 5) is 14.4. The number of carbonyl (C=O) groups excluding carboxylic acids is 1. The summed E-state index contributed by atoms with van der Waals surface area (Å²) in [5.41, 5.74) is 6.98. The molecule has 1 aromatic rings. The first-order valence-electron chi connectivity index (χ1n) is 5.82. The molecule has 0 atom stereocenters. The summed E-state index contributed by atoms with van der Waals surface area (Å²) in [6, 6.07) is 3.87. The predicted octanol–water partition coefficient (Wildman–Crippen LogP) is 4.05. The lowest BCUT2D eigenvalue weighted by molar-refractivity contribution is 0.0644. The van der Waals surface area contributed by atoms with Crippen molar-refractivity contribution in [2.24, 2.45) is 0 Å². The van der Waals surface area contributed by atoms with Gasteiger partial charge in [0.2, 0.25) is 0 Å². The van der Waals surface area contributed by atoms with E-state index in [0.717, 1.165) is 8.95 Å². The molecule has 3 nitrogen and oxygen atoms in total. The third-order valence-electron chi connectivity index (χ3n) is 2.67. The van der Waals surface area contributed by atoms with E-state index in [0.29, 0.717) is 11.3 Å². The lowest BCUT2D eigenvalue weighted by Gasteiger charge is -2.31.